The molecule has 0 bridgehead atoms. The molecule has 40 heavy (non-hydrogen) atoms. The number of para-hydroxylation sites is 1. The highest BCUT2D eigenvalue weighted by atomic mass is 16.6. The maximum Gasteiger partial charge on any atom is 0.408 e. The van der Waals surface area contributed by atoms with Crippen molar-refractivity contribution in [2.24, 2.45) is 0 Å². The molecular formula is C30H33N7O3. The van der Waals surface area contributed by atoms with Crippen LogP contribution in [0.15, 0.2) is 66.7 Å². The van der Waals surface area contributed by atoms with Crippen molar-refractivity contribution >= 4 is 52.0 Å². The first-order valence-electron chi connectivity index (χ1n) is 12.8. The lowest BCUT2D eigenvalue weighted by atomic mass is 10.1. The minimum Gasteiger partial charge on any atom is -0.444 e. The van der Waals surface area contributed by atoms with Gasteiger partial charge in [-0.25, -0.2) is 14.8 Å². The number of anilines is 4. The quantitative estimate of drug-likeness (QED) is 0.175. The lowest BCUT2D eigenvalue weighted by molar-refractivity contribution is -0.117. The number of rotatable bonds is 8. The molecule has 0 aliphatic heterocycles. The van der Waals surface area contributed by atoms with E-state index in [9.17, 15) is 9.59 Å². The van der Waals surface area contributed by atoms with Crippen LogP contribution in [0, 0.1) is 5.41 Å². The second-order valence-electron chi connectivity index (χ2n) is 10.2. The van der Waals surface area contributed by atoms with E-state index >= 15 is 0 Å². The predicted octanol–water partition coefficient (Wildman–Crippen LogP) is 5.93. The van der Waals surface area contributed by atoms with Gasteiger partial charge < -0.3 is 31.4 Å². The molecule has 0 saturated carbocycles. The van der Waals surface area contributed by atoms with Crippen molar-refractivity contribution in [1.82, 2.24) is 15.3 Å². The van der Waals surface area contributed by atoms with Gasteiger partial charge in [0.2, 0.25) is 5.91 Å². The minimum atomic E-state index is -0.814. The molecule has 0 unspecified atom stereocenters. The molecule has 10 heteroatoms. The summed E-state index contributed by atoms with van der Waals surface area (Å²) in [5.41, 5.74) is 3.68. The first-order chi connectivity index (χ1) is 19.1. The lowest BCUT2D eigenvalue weighted by Crippen LogP contribution is -2.43. The summed E-state index contributed by atoms with van der Waals surface area (Å²) in [5.74, 6) is 0.687. The Kier molecular flexibility index (Phi) is 8.28. The smallest absolute Gasteiger partial charge is 0.408 e. The molecule has 0 aliphatic rings. The molecule has 0 spiro atoms. The number of hydrogen-bond donors (Lipinski definition) is 5. The fraction of sp³-hybridized carbons (Fsp3) is 0.233. The van der Waals surface area contributed by atoms with Crippen LogP contribution in [-0.4, -0.2) is 46.9 Å². The number of benzene rings is 3. The van der Waals surface area contributed by atoms with Gasteiger partial charge in [0.1, 0.15) is 17.5 Å². The van der Waals surface area contributed by atoms with Crippen molar-refractivity contribution in [2.75, 3.05) is 23.0 Å². The number of nitrogens with zero attached hydrogens (tertiary/aromatic N) is 2. The summed E-state index contributed by atoms with van der Waals surface area (Å²) in [4.78, 5) is 34.4. The molecule has 2 amide bonds. The fourth-order valence-corrected chi connectivity index (χ4v) is 3.96. The molecule has 0 fully saturated rings. The normalized spacial score (nSPS) is 11.8. The zero-order valence-electron chi connectivity index (χ0n) is 23.1. The van der Waals surface area contributed by atoms with Crippen LogP contribution in [0.5, 0.6) is 0 Å². The first-order valence-corrected chi connectivity index (χ1v) is 12.8. The van der Waals surface area contributed by atoms with Crippen molar-refractivity contribution in [3.8, 4) is 11.4 Å². The van der Waals surface area contributed by atoms with Crippen LogP contribution in [0.25, 0.3) is 22.3 Å². The second kappa shape index (κ2) is 11.8. The molecule has 0 saturated heterocycles. The summed E-state index contributed by atoms with van der Waals surface area (Å²) < 4.78 is 5.23. The van der Waals surface area contributed by atoms with Gasteiger partial charge in [-0.3, -0.25) is 4.79 Å². The van der Waals surface area contributed by atoms with Crippen LogP contribution in [0.2, 0.25) is 0 Å². The Balaban J connectivity index is 1.59. The summed E-state index contributed by atoms with van der Waals surface area (Å²) in [6.07, 6.45) is 0.631. The van der Waals surface area contributed by atoms with Gasteiger partial charge in [0, 0.05) is 46.8 Å². The summed E-state index contributed by atoms with van der Waals surface area (Å²) in [5, 5.41) is 20.4. The van der Waals surface area contributed by atoms with Gasteiger partial charge in [-0.2, -0.15) is 0 Å². The van der Waals surface area contributed by atoms with Crippen LogP contribution in [0.3, 0.4) is 0 Å². The van der Waals surface area contributed by atoms with Gasteiger partial charge in [-0.05, 0) is 70.2 Å². The third kappa shape index (κ3) is 6.90. The Morgan fingerprint density at radius 1 is 0.975 bits per heavy atom. The molecule has 1 atom stereocenters. The van der Waals surface area contributed by atoms with Crippen molar-refractivity contribution in [2.45, 2.75) is 39.3 Å². The maximum absolute atomic E-state index is 12.7. The summed E-state index contributed by atoms with van der Waals surface area (Å²) in [6, 6.07) is 19.8. The first kappa shape index (κ1) is 28.0. The van der Waals surface area contributed by atoms with Gasteiger partial charge in [-0.1, -0.05) is 24.3 Å². The standard InChI is InChI=1S/C30H33N7O3/c1-18(33-29(39)40-30(2,3)4)28(38)35-21-10-8-9-19(15-21)26-36-25-12-7-6-11-23(25)27(37-26)34-22-13-14-24(32-5)20(16-22)17-31/h6-18,31-32H,1-5H3,(H,33,39)(H,35,38)(H,34,36,37)/t18-/m0/s1. The van der Waals surface area contributed by atoms with Gasteiger partial charge >= 0.3 is 6.09 Å². The highest BCUT2D eigenvalue weighted by Crippen LogP contribution is 2.29. The summed E-state index contributed by atoms with van der Waals surface area (Å²) in [6.45, 7) is 6.85. The largest absolute Gasteiger partial charge is 0.444 e. The van der Waals surface area contributed by atoms with E-state index in [4.69, 9.17) is 20.1 Å². The van der Waals surface area contributed by atoms with Crippen molar-refractivity contribution in [1.29, 1.82) is 5.41 Å². The summed E-state index contributed by atoms with van der Waals surface area (Å²) in [7, 11) is 1.81. The van der Waals surface area contributed by atoms with E-state index in [1.54, 1.807) is 45.9 Å². The van der Waals surface area contributed by atoms with Gasteiger partial charge in [-0.15, -0.1) is 0 Å². The topological polar surface area (TPSA) is 141 Å². The molecule has 1 heterocycles. The van der Waals surface area contributed by atoms with Gasteiger partial charge in [0.25, 0.3) is 0 Å². The number of aromatic nitrogens is 2. The number of ether oxygens (including phenoxy) is 1. The fourth-order valence-electron chi connectivity index (χ4n) is 3.96. The number of amides is 2. The number of carbonyl (C=O) groups is 2. The van der Waals surface area contributed by atoms with E-state index in [-0.39, 0.29) is 0 Å². The van der Waals surface area contributed by atoms with Crippen LogP contribution < -0.4 is 21.3 Å². The molecular weight excluding hydrogens is 506 g/mol. The monoisotopic (exact) mass is 539 g/mol. The molecule has 0 aliphatic carbocycles. The number of carbonyl (C=O) groups excluding carboxylic acids is 2. The van der Waals surface area contributed by atoms with E-state index < -0.39 is 23.6 Å². The van der Waals surface area contributed by atoms with Crippen LogP contribution >= 0.6 is 0 Å². The highest BCUT2D eigenvalue weighted by Gasteiger charge is 2.21. The van der Waals surface area contributed by atoms with Crippen molar-refractivity contribution < 1.29 is 14.3 Å². The molecule has 206 valence electrons. The predicted molar refractivity (Wildman–Crippen MR) is 160 cm³/mol. The Morgan fingerprint density at radius 3 is 2.48 bits per heavy atom. The Bertz CT molecular complexity index is 1560. The molecule has 4 rings (SSSR count). The van der Waals surface area contributed by atoms with E-state index in [2.05, 4.69) is 21.3 Å². The second-order valence-corrected chi connectivity index (χ2v) is 10.2. The summed E-state index contributed by atoms with van der Waals surface area (Å²) >= 11 is 0. The molecule has 10 nitrogen and oxygen atoms in total. The average molecular weight is 540 g/mol. The number of fused-ring (bicyclic) bond motifs is 1. The van der Waals surface area contributed by atoms with Gasteiger partial charge in [0.15, 0.2) is 5.82 Å². The van der Waals surface area contributed by atoms with E-state index in [1.165, 1.54) is 6.21 Å². The number of nitrogens with one attached hydrogen (secondary N) is 5. The van der Waals surface area contributed by atoms with E-state index in [1.807, 2.05) is 55.6 Å². The van der Waals surface area contributed by atoms with Gasteiger partial charge in [0.05, 0.1) is 5.52 Å². The zero-order valence-corrected chi connectivity index (χ0v) is 23.1. The Hall–Kier alpha value is -4.99. The maximum atomic E-state index is 12.7. The highest BCUT2D eigenvalue weighted by molar-refractivity contribution is 5.97. The van der Waals surface area contributed by atoms with E-state index in [0.717, 1.165) is 27.8 Å². The molecule has 5 N–H and O–H groups in total. The van der Waals surface area contributed by atoms with Crippen LogP contribution in [0.4, 0.5) is 27.7 Å². The SMILES string of the molecule is CNc1ccc(Nc2nc(-c3cccc(NC(=O)[C@H](C)NC(=O)OC(C)(C)C)c3)nc3ccccc23)cc1C=N. The molecule has 3 aromatic carbocycles. The third-order valence-corrected chi connectivity index (χ3v) is 5.86. The molecule has 4 aromatic rings. The molecule has 1 aromatic heterocycles. The Labute approximate surface area is 233 Å². The average Bonchev–Trinajstić information content (AvgIpc) is 2.92. The van der Waals surface area contributed by atoms with Crippen LogP contribution in [-0.2, 0) is 9.53 Å². The number of alkyl carbamates (subject to hydrolysis) is 1. The van der Waals surface area contributed by atoms with Crippen molar-refractivity contribution in [3.63, 3.8) is 0 Å². The van der Waals surface area contributed by atoms with Crippen molar-refractivity contribution in [3.05, 3.63) is 72.3 Å². The molecule has 0 radical (unpaired) electrons. The Morgan fingerprint density at radius 2 is 1.75 bits per heavy atom. The number of hydrogen-bond acceptors (Lipinski definition) is 8. The zero-order chi connectivity index (χ0) is 28.9. The van der Waals surface area contributed by atoms with E-state index in [0.29, 0.717) is 22.9 Å². The van der Waals surface area contributed by atoms with Crippen LogP contribution in [0.1, 0.15) is 33.3 Å². The lowest BCUT2D eigenvalue weighted by Gasteiger charge is -2.21. The third-order valence-electron chi connectivity index (χ3n) is 5.86. The minimum absolute atomic E-state index is 0.392.